The Balaban J connectivity index is 1.59. The number of carbonyl (C=O) groups is 1. The van der Waals surface area contributed by atoms with E-state index in [0.29, 0.717) is 45.7 Å². The summed E-state index contributed by atoms with van der Waals surface area (Å²) in [5.41, 5.74) is 0.967. The van der Waals surface area contributed by atoms with Crippen molar-refractivity contribution in [3.8, 4) is 11.4 Å². The summed E-state index contributed by atoms with van der Waals surface area (Å²) < 4.78 is 21.9. The fourth-order valence-electron chi connectivity index (χ4n) is 4.24. The molecule has 0 aliphatic heterocycles. The highest BCUT2D eigenvalue weighted by atomic mass is 19.1. The van der Waals surface area contributed by atoms with Gasteiger partial charge >= 0.3 is 0 Å². The van der Waals surface area contributed by atoms with Crippen LogP contribution in [0, 0.1) is 12.7 Å². The van der Waals surface area contributed by atoms with Gasteiger partial charge in [-0.2, -0.15) is 0 Å². The monoisotopic (exact) mass is 467 g/mol. The van der Waals surface area contributed by atoms with E-state index in [4.69, 9.17) is 4.74 Å². The maximum atomic E-state index is 14.8. The molecule has 174 valence electrons. The second-order valence-electron chi connectivity index (χ2n) is 8.03. The molecule has 0 saturated heterocycles. The molecular formula is C28H22FN3O3. The zero-order valence-corrected chi connectivity index (χ0v) is 19.2. The average Bonchev–Trinajstić information content (AvgIpc) is 2.86. The Morgan fingerprint density at radius 3 is 2.54 bits per heavy atom. The number of hydrogen-bond acceptors (Lipinski definition) is 4. The van der Waals surface area contributed by atoms with Crippen molar-refractivity contribution in [2.45, 2.75) is 13.8 Å². The number of rotatable bonds is 5. The Bertz CT molecular complexity index is 1660. The standard InChI is InChI=1S/C28H22FN3O3/c1-3-35-25-15-12-18-8-4-5-9-20(18)26(25)27(33)31-24-16-19(13-14-22(24)29)32-17(2)30-23-11-7-6-10-21(23)28(32)34/h4-16H,3H2,1-2H3,(H,31,33). The van der Waals surface area contributed by atoms with Crippen molar-refractivity contribution < 1.29 is 13.9 Å². The Kier molecular flexibility index (Phi) is 5.74. The third-order valence-corrected chi connectivity index (χ3v) is 5.82. The molecule has 35 heavy (non-hydrogen) atoms. The minimum absolute atomic E-state index is 0.0534. The molecule has 7 heteroatoms. The number of nitrogens with zero attached hydrogens (tertiary/aromatic N) is 2. The summed E-state index contributed by atoms with van der Waals surface area (Å²) in [7, 11) is 0. The lowest BCUT2D eigenvalue weighted by atomic mass is 10.0. The second kappa shape index (κ2) is 9.02. The van der Waals surface area contributed by atoms with Gasteiger partial charge in [-0.15, -0.1) is 0 Å². The fourth-order valence-corrected chi connectivity index (χ4v) is 4.24. The summed E-state index contributed by atoms with van der Waals surface area (Å²) in [6, 6.07) is 22.2. The Morgan fingerprint density at radius 2 is 1.74 bits per heavy atom. The third kappa shape index (κ3) is 4.01. The first-order chi connectivity index (χ1) is 17.0. The average molecular weight is 468 g/mol. The maximum absolute atomic E-state index is 14.8. The highest BCUT2D eigenvalue weighted by Gasteiger charge is 2.19. The van der Waals surface area contributed by atoms with Gasteiger partial charge in [0.2, 0.25) is 0 Å². The lowest BCUT2D eigenvalue weighted by Crippen LogP contribution is -2.22. The van der Waals surface area contributed by atoms with E-state index < -0.39 is 11.7 Å². The third-order valence-electron chi connectivity index (χ3n) is 5.82. The van der Waals surface area contributed by atoms with Crippen molar-refractivity contribution in [1.82, 2.24) is 9.55 Å². The topological polar surface area (TPSA) is 73.2 Å². The number of halogens is 1. The van der Waals surface area contributed by atoms with Crippen molar-refractivity contribution in [2.75, 3.05) is 11.9 Å². The van der Waals surface area contributed by atoms with Crippen LogP contribution in [-0.4, -0.2) is 22.1 Å². The molecule has 0 atom stereocenters. The van der Waals surface area contributed by atoms with Crippen LogP contribution in [0.2, 0.25) is 0 Å². The quantitative estimate of drug-likeness (QED) is 0.363. The molecule has 0 unspecified atom stereocenters. The number of benzene rings is 4. The van der Waals surface area contributed by atoms with Gasteiger partial charge in [0, 0.05) is 0 Å². The molecule has 1 amide bonds. The van der Waals surface area contributed by atoms with E-state index >= 15 is 0 Å². The van der Waals surface area contributed by atoms with Gasteiger partial charge in [-0.1, -0.05) is 42.5 Å². The van der Waals surface area contributed by atoms with Gasteiger partial charge in [0.15, 0.2) is 0 Å². The van der Waals surface area contributed by atoms with E-state index in [9.17, 15) is 14.0 Å². The van der Waals surface area contributed by atoms with Crippen LogP contribution in [0.25, 0.3) is 27.4 Å². The summed E-state index contributed by atoms with van der Waals surface area (Å²) in [5.74, 6) is -0.280. The predicted molar refractivity (Wildman–Crippen MR) is 135 cm³/mol. The van der Waals surface area contributed by atoms with Crippen molar-refractivity contribution >= 4 is 33.3 Å². The Labute approximate surface area is 200 Å². The maximum Gasteiger partial charge on any atom is 0.265 e. The van der Waals surface area contributed by atoms with Crippen molar-refractivity contribution in [3.63, 3.8) is 0 Å². The zero-order valence-electron chi connectivity index (χ0n) is 19.2. The first-order valence-electron chi connectivity index (χ1n) is 11.2. The first-order valence-corrected chi connectivity index (χ1v) is 11.2. The number of aryl methyl sites for hydroxylation is 1. The molecular weight excluding hydrogens is 445 g/mol. The molecule has 1 heterocycles. The highest BCUT2D eigenvalue weighted by molar-refractivity contribution is 6.15. The van der Waals surface area contributed by atoms with Crippen molar-refractivity contribution in [2.24, 2.45) is 0 Å². The number of ether oxygens (including phenoxy) is 1. The number of fused-ring (bicyclic) bond motifs is 2. The van der Waals surface area contributed by atoms with Crippen LogP contribution in [0.15, 0.2) is 83.7 Å². The molecule has 0 spiro atoms. The van der Waals surface area contributed by atoms with Crippen LogP contribution in [0.4, 0.5) is 10.1 Å². The van der Waals surface area contributed by atoms with E-state index in [-0.39, 0.29) is 11.2 Å². The SMILES string of the molecule is CCOc1ccc2ccccc2c1C(=O)Nc1cc(-n2c(C)nc3ccccc3c2=O)ccc1F. The molecule has 1 N–H and O–H groups in total. The minimum Gasteiger partial charge on any atom is -0.493 e. The van der Waals surface area contributed by atoms with Gasteiger partial charge in [-0.3, -0.25) is 14.2 Å². The molecule has 0 bridgehead atoms. The number of carbonyl (C=O) groups excluding carboxylic acids is 1. The number of para-hydroxylation sites is 1. The minimum atomic E-state index is -0.625. The van der Waals surface area contributed by atoms with E-state index in [1.54, 1.807) is 31.2 Å². The molecule has 0 saturated carbocycles. The highest BCUT2D eigenvalue weighted by Crippen LogP contribution is 2.30. The number of nitrogens with one attached hydrogen (secondary N) is 1. The molecule has 0 radical (unpaired) electrons. The normalized spacial score (nSPS) is 11.1. The summed E-state index contributed by atoms with van der Waals surface area (Å²) in [4.78, 5) is 31.1. The van der Waals surface area contributed by atoms with Gasteiger partial charge < -0.3 is 10.1 Å². The second-order valence-corrected chi connectivity index (χ2v) is 8.03. The molecule has 1 aromatic heterocycles. The van der Waals surface area contributed by atoms with Gasteiger partial charge in [0.25, 0.3) is 11.5 Å². The van der Waals surface area contributed by atoms with E-state index in [1.807, 2.05) is 43.3 Å². The molecule has 0 aliphatic carbocycles. The van der Waals surface area contributed by atoms with Crippen LogP contribution in [-0.2, 0) is 0 Å². The Morgan fingerprint density at radius 1 is 1.00 bits per heavy atom. The summed E-state index contributed by atoms with van der Waals surface area (Å²) in [6.07, 6.45) is 0. The fraction of sp³-hybridized carbons (Fsp3) is 0.107. The molecule has 0 fully saturated rings. The Hall–Kier alpha value is -4.52. The summed E-state index contributed by atoms with van der Waals surface area (Å²) >= 11 is 0. The molecule has 4 aromatic carbocycles. The van der Waals surface area contributed by atoms with Crippen molar-refractivity contribution in [3.05, 3.63) is 106 Å². The summed E-state index contributed by atoms with van der Waals surface area (Å²) in [6.45, 7) is 3.91. The number of anilines is 1. The van der Waals surface area contributed by atoms with Crippen LogP contribution < -0.4 is 15.6 Å². The zero-order chi connectivity index (χ0) is 24.5. The predicted octanol–water partition coefficient (Wildman–Crippen LogP) is 5.64. The largest absolute Gasteiger partial charge is 0.493 e. The number of aromatic nitrogens is 2. The van der Waals surface area contributed by atoms with Gasteiger partial charge in [-0.25, -0.2) is 9.37 Å². The van der Waals surface area contributed by atoms with E-state index in [0.717, 1.165) is 5.39 Å². The molecule has 6 nitrogen and oxygen atoms in total. The summed E-state index contributed by atoms with van der Waals surface area (Å²) in [5, 5.41) is 4.68. The first kappa shape index (κ1) is 22.3. The van der Waals surface area contributed by atoms with Crippen LogP contribution in [0.1, 0.15) is 23.1 Å². The van der Waals surface area contributed by atoms with Crippen LogP contribution in [0.5, 0.6) is 5.75 Å². The van der Waals surface area contributed by atoms with Gasteiger partial charge in [-0.05, 0) is 61.0 Å². The lowest BCUT2D eigenvalue weighted by molar-refractivity contribution is 0.102. The van der Waals surface area contributed by atoms with E-state index in [2.05, 4.69) is 10.3 Å². The van der Waals surface area contributed by atoms with Gasteiger partial charge in [0.05, 0.1) is 34.4 Å². The van der Waals surface area contributed by atoms with Crippen LogP contribution in [0.3, 0.4) is 0 Å². The molecule has 5 rings (SSSR count). The van der Waals surface area contributed by atoms with Gasteiger partial charge in [0.1, 0.15) is 17.4 Å². The smallest absolute Gasteiger partial charge is 0.265 e. The van der Waals surface area contributed by atoms with E-state index in [1.165, 1.54) is 22.8 Å². The number of amides is 1. The molecule has 5 aromatic rings. The van der Waals surface area contributed by atoms with Crippen molar-refractivity contribution in [1.29, 1.82) is 0 Å². The molecule has 0 aliphatic rings. The van der Waals surface area contributed by atoms with Crippen LogP contribution >= 0.6 is 0 Å². The lowest BCUT2D eigenvalue weighted by Gasteiger charge is -2.15. The number of hydrogen-bond donors (Lipinski definition) is 1.